The molecule has 1 saturated heterocycles. The third kappa shape index (κ3) is 3.94. The minimum Gasteiger partial charge on any atom is -0.467 e. The van der Waals surface area contributed by atoms with Crippen molar-refractivity contribution in [1.29, 1.82) is 0 Å². The van der Waals surface area contributed by atoms with Crippen molar-refractivity contribution in [1.82, 2.24) is 15.2 Å². The van der Waals surface area contributed by atoms with E-state index in [1.807, 2.05) is 77.7 Å². The zero-order valence-electron chi connectivity index (χ0n) is 17.3. The van der Waals surface area contributed by atoms with Crippen LogP contribution in [0.5, 0.6) is 0 Å². The molecule has 0 unspecified atom stereocenters. The van der Waals surface area contributed by atoms with E-state index in [0.29, 0.717) is 11.7 Å². The number of benzene rings is 2. The summed E-state index contributed by atoms with van der Waals surface area (Å²) in [6.45, 7) is 0.455. The summed E-state index contributed by atoms with van der Waals surface area (Å²) in [5, 5.41) is 9.10. The normalized spacial score (nSPS) is 18.0. The van der Waals surface area contributed by atoms with E-state index in [-0.39, 0.29) is 24.4 Å². The van der Waals surface area contributed by atoms with E-state index in [0.717, 1.165) is 27.9 Å². The first-order valence-corrected chi connectivity index (χ1v) is 10.9. The fraction of sp³-hybridized carbons (Fsp3) is 0.160. The molecule has 2 atom stereocenters. The Balaban J connectivity index is 1.33. The lowest BCUT2D eigenvalue weighted by atomic mass is 10.0. The molecule has 1 fully saturated rings. The van der Waals surface area contributed by atoms with Crippen molar-refractivity contribution in [3.05, 3.63) is 96.7 Å². The summed E-state index contributed by atoms with van der Waals surface area (Å²) in [6, 6.07) is 23.1. The number of carbonyl (C=O) groups excluding carboxylic acids is 1. The van der Waals surface area contributed by atoms with Gasteiger partial charge in [0, 0.05) is 30.2 Å². The summed E-state index contributed by atoms with van der Waals surface area (Å²) in [7, 11) is 0. The molecule has 7 heteroatoms. The molecule has 0 aliphatic carbocycles. The second-order valence-corrected chi connectivity index (χ2v) is 8.05. The van der Waals surface area contributed by atoms with Gasteiger partial charge < -0.3 is 20.0 Å². The number of nitrogens with one attached hydrogen (secondary N) is 2. The predicted molar refractivity (Wildman–Crippen MR) is 128 cm³/mol. The molecule has 1 amide bonds. The number of thiocarbonyl (C=S) groups is 1. The second-order valence-electron chi connectivity index (χ2n) is 7.66. The molecule has 0 saturated carbocycles. The molecule has 3 heterocycles. The van der Waals surface area contributed by atoms with Gasteiger partial charge in [-0.05, 0) is 47.9 Å². The molecule has 1 aliphatic rings. The van der Waals surface area contributed by atoms with Crippen molar-refractivity contribution in [3.8, 4) is 0 Å². The molecule has 2 aromatic heterocycles. The number of pyridine rings is 1. The highest BCUT2D eigenvalue weighted by Gasteiger charge is 2.41. The fourth-order valence-corrected chi connectivity index (χ4v) is 4.52. The Morgan fingerprint density at radius 3 is 2.72 bits per heavy atom. The quantitative estimate of drug-likeness (QED) is 0.417. The Hall–Kier alpha value is -3.71. The summed E-state index contributed by atoms with van der Waals surface area (Å²) < 4.78 is 5.73. The van der Waals surface area contributed by atoms with Crippen molar-refractivity contribution >= 4 is 39.7 Å². The minimum atomic E-state index is -0.183. The number of hydrogen-bond donors (Lipinski definition) is 2. The molecule has 1 aliphatic heterocycles. The third-order valence-electron chi connectivity index (χ3n) is 5.68. The number of furan rings is 1. The second kappa shape index (κ2) is 8.80. The summed E-state index contributed by atoms with van der Waals surface area (Å²) in [5.41, 5.74) is 1.68. The molecule has 2 aromatic carbocycles. The molecule has 5 rings (SSSR count). The molecule has 6 nitrogen and oxygen atoms in total. The van der Waals surface area contributed by atoms with E-state index in [2.05, 4.69) is 15.6 Å². The summed E-state index contributed by atoms with van der Waals surface area (Å²) >= 11 is 5.63. The van der Waals surface area contributed by atoms with Crippen LogP contribution in [-0.2, 0) is 4.79 Å². The lowest BCUT2D eigenvalue weighted by molar-refractivity contribution is -0.116. The number of amides is 1. The number of hydrogen-bond acceptors (Lipinski definition) is 4. The number of fused-ring (bicyclic) bond motifs is 1. The van der Waals surface area contributed by atoms with Gasteiger partial charge >= 0.3 is 0 Å². The Morgan fingerprint density at radius 2 is 1.91 bits per heavy atom. The van der Waals surface area contributed by atoms with Crippen molar-refractivity contribution in [2.75, 3.05) is 11.9 Å². The van der Waals surface area contributed by atoms with Crippen LogP contribution in [0.1, 0.15) is 30.0 Å². The monoisotopic (exact) mass is 442 g/mol. The van der Waals surface area contributed by atoms with Gasteiger partial charge in [-0.15, -0.1) is 0 Å². The fourth-order valence-electron chi connectivity index (χ4n) is 4.18. The highest BCUT2D eigenvalue weighted by molar-refractivity contribution is 7.80. The summed E-state index contributed by atoms with van der Waals surface area (Å²) in [5.74, 6) is 0.714. The molecule has 2 N–H and O–H groups in total. The van der Waals surface area contributed by atoms with Crippen LogP contribution >= 0.6 is 12.2 Å². The topological polar surface area (TPSA) is 70.4 Å². The number of aromatic nitrogens is 1. The maximum atomic E-state index is 12.8. The van der Waals surface area contributed by atoms with Gasteiger partial charge in [0.2, 0.25) is 5.91 Å². The predicted octanol–water partition coefficient (Wildman–Crippen LogP) is 4.83. The van der Waals surface area contributed by atoms with Gasteiger partial charge in [0.05, 0.1) is 18.0 Å². The van der Waals surface area contributed by atoms with Crippen LogP contribution in [0.4, 0.5) is 5.69 Å². The van der Waals surface area contributed by atoms with E-state index in [1.165, 1.54) is 0 Å². The number of carbonyl (C=O) groups is 1. The first-order chi connectivity index (χ1) is 15.7. The maximum Gasteiger partial charge on any atom is 0.226 e. The molecule has 0 spiro atoms. The van der Waals surface area contributed by atoms with E-state index >= 15 is 0 Å². The van der Waals surface area contributed by atoms with Gasteiger partial charge in [0.15, 0.2) is 5.11 Å². The highest BCUT2D eigenvalue weighted by Crippen LogP contribution is 2.38. The number of rotatable bonds is 6. The van der Waals surface area contributed by atoms with Crippen molar-refractivity contribution < 1.29 is 9.21 Å². The van der Waals surface area contributed by atoms with E-state index in [4.69, 9.17) is 16.6 Å². The first kappa shape index (κ1) is 20.2. The highest BCUT2D eigenvalue weighted by atomic mass is 32.1. The molecule has 32 heavy (non-hydrogen) atoms. The Kier molecular flexibility index (Phi) is 5.56. The van der Waals surface area contributed by atoms with Gasteiger partial charge in [-0.25, -0.2) is 0 Å². The van der Waals surface area contributed by atoms with Gasteiger partial charge in [-0.1, -0.05) is 42.5 Å². The lowest BCUT2D eigenvalue weighted by Crippen LogP contribution is -2.32. The lowest BCUT2D eigenvalue weighted by Gasteiger charge is -2.25. The van der Waals surface area contributed by atoms with Crippen LogP contribution in [-0.4, -0.2) is 27.4 Å². The molecular weight excluding hydrogens is 420 g/mol. The smallest absolute Gasteiger partial charge is 0.226 e. The van der Waals surface area contributed by atoms with Crippen LogP contribution in [0, 0.1) is 0 Å². The molecule has 160 valence electrons. The molecule has 4 aromatic rings. The molecule has 0 bridgehead atoms. The van der Waals surface area contributed by atoms with Crippen LogP contribution in [0.15, 0.2) is 89.7 Å². The van der Waals surface area contributed by atoms with Gasteiger partial charge in [-0.3, -0.25) is 9.78 Å². The van der Waals surface area contributed by atoms with Crippen LogP contribution in [0.3, 0.4) is 0 Å². The number of anilines is 1. The standard InChI is InChI=1S/C25H22N4O2S/c30-22(27-19-11-5-8-17-7-1-2-9-18(17)19)13-15-29-24(21-12-6-16-31-21)23(28-25(29)32)20-10-3-4-14-26-20/h1-12,14,16,23-24H,13,15H2,(H,27,30)(H,28,32)/t23-,24-/m1/s1. The third-order valence-corrected chi connectivity index (χ3v) is 6.03. The first-order valence-electron chi connectivity index (χ1n) is 10.5. The zero-order valence-corrected chi connectivity index (χ0v) is 18.1. The Morgan fingerprint density at radius 1 is 1.06 bits per heavy atom. The summed E-state index contributed by atoms with van der Waals surface area (Å²) in [6.07, 6.45) is 3.70. The van der Waals surface area contributed by atoms with Gasteiger partial charge in [0.25, 0.3) is 0 Å². The van der Waals surface area contributed by atoms with E-state index in [9.17, 15) is 4.79 Å². The van der Waals surface area contributed by atoms with Crippen molar-refractivity contribution in [2.45, 2.75) is 18.5 Å². The van der Waals surface area contributed by atoms with Gasteiger partial charge in [0.1, 0.15) is 11.8 Å². The zero-order chi connectivity index (χ0) is 21.9. The SMILES string of the molecule is O=C(CCN1C(=S)N[C@H](c2ccccn2)[C@H]1c1ccco1)Nc1cccc2ccccc12. The number of nitrogens with zero attached hydrogens (tertiary/aromatic N) is 2. The average molecular weight is 443 g/mol. The molecule has 0 radical (unpaired) electrons. The van der Waals surface area contributed by atoms with Crippen molar-refractivity contribution in [3.63, 3.8) is 0 Å². The minimum absolute atomic E-state index is 0.0661. The van der Waals surface area contributed by atoms with Crippen LogP contribution < -0.4 is 10.6 Å². The maximum absolute atomic E-state index is 12.8. The molecular formula is C25H22N4O2S. The average Bonchev–Trinajstić information content (AvgIpc) is 3.46. The largest absolute Gasteiger partial charge is 0.467 e. The van der Waals surface area contributed by atoms with Crippen LogP contribution in [0.2, 0.25) is 0 Å². The summed E-state index contributed by atoms with van der Waals surface area (Å²) in [4.78, 5) is 19.3. The van der Waals surface area contributed by atoms with Gasteiger partial charge in [-0.2, -0.15) is 0 Å². The Labute approximate surface area is 191 Å². The van der Waals surface area contributed by atoms with Crippen molar-refractivity contribution in [2.24, 2.45) is 0 Å². The van der Waals surface area contributed by atoms with E-state index in [1.54, 1.807) is 12.5 Å². The van der Waals surface area contributed by atoms with E-state index < -0.39 is 0 Å². The van der Waals surface area contributed by atoms with Crippen LogP contribution in [0.25, 0.3) is 10.8 Å². The Bertz CT molecular complexity index is 1240.